The van der Waals surface area contributed by atoms with Gasteiger partial charge < -0.3 is 19.5 Å². The third-order valence-corrected chi connectivity index (χ3v) is 12.4. The second kappa shape index (κ2) is 17.0. The van der Waals surface area contributed by atoms with Gasteiger partial charge in [0.2, 0.25) is 0 Å². The number of phenols is 2. The predicted molar refractivity (Wildman–Crippen MR) is 239 cm³/mol. The number of benzene rings is 4. The molecule has 61 heavy (non-hydrogen) atoms. The lowest BCUT2D eigenvalue weighted by Crippen LogP contribution is -2.29. The van der Waals surface area contributed by atoms with Gasteiger partial charge in [0.1, 0.15) is 17.2 Å². The third-order valence-electron chi connectivity index (χ3n) is 11.5. The maximum absolute atomic E-state index is 14.2. The Hall–Kier alpha value is -4.46. The van der Waals surface area contributed by atoms with Crippen LogP contribution in [0.3, 0.4) is 0 Å². The SMILES string of the molecule is CC(C)(C)c1cc2c(O)c(c1)Cc1cc(C(C)(C)C)cc(c1OS(=O)(=O)C(F)(F)F)Cc1cc(C(C)(C)C)cc(c1O)Cc1cc(C(C)(C)C)cc(c1C#CCCCCO)C2. The van der Waals surface area contributed by atoms with Crippen LogP contribution in [0.1, 0.15) is 175 Å². The van der Waals surface area contributed by atoms with Gasteiger partial charge in [0.05, 0.1) is 0 Å². The Balaban J connectivity index is 1.99. The number of aliphatic hydroxyl groups is 1. The molecular weight excluding hydrogens is 798 g/mol. The summed E-state index contributed by atoms with van der Waals surface area (Å²) in [5.41, 5.74) is 0.816. The fourth-order valence-electron chi connectivity index (χ4n) is 7.58. The molecule has 0 amide bonds. The summed E-state index contributed by atoms with van der Waals surface area (Å²) in [7, 11) is -6.15. The highest BCUT2D eigenvalue weighted by atomic mass is 32.2. The van der Waals surface area contributed by atoms with E-state index in [0.717, 1.165) is 39.8 Å². The minimum absolute atomic E-state index is 0.0605. The molecule has 3 N–H and O–H groups in total. The Kier molecular flexibility index (Phi) is 13.3. The van der Waals surface area contributed by atoms with Crippen molar-refractivity contribution < 1.29 is 41.1 Å². The molecule has 1 aliphatic rings. The average Bonchev–Trinajstić information content (AvgIpc) is 3.10. The predicted octanol–water partition coefficient (Wildman–Crippen LogP) is 11.7. The van der Waals surface area contributed by atoms with Gasteiger partial charge >= 0.3 is 15.6 Å². The van der Waals surface area contributed by atoms with Gasteiger partial charge in [0.15, 0.2) is 0 Å². The van der Waals surface area contributed by atoms with Gasteiger partial charge in [0.25, 0.3) is 0 Å². The van der Waals surface area contributed by atoms with E-state index < -0.39 is 37.6 Å². The van der Waals surface area contributed by atoms with Gasteiger partial charge in [-0.2, -0.15) is 21.6 Å². The van der Waals surface area contributed by atoms with Crippen LogP contribution < -0.4 is 4.18 Å². The van der Waals surface area contributed by atoms with Gasteiger partial charge in [-0.05, 0) is 90.1 Å². The quantitative estimate of drug-likeness (QED) is 0.0704. The highest BCUT2D eigenvalue weighted by Gasteiger charge is 2.49. The summed E-state index contributed by atoms with van der Waals surface area (Å²) >= 11 is 0. The molecule has 8 bridgehead atoms. The smallest absolute Gasteiger partial charge is 0.507 e. The molecule has 10 heteroatoms. The van der Waals surface area contributed by atoms with E-state index in [1.807, 2.05) is 86.6 Å². The van der Waals surface area contributed by atoms with Crippen LogP contribution in [0.2, 0.25) is 0 Å². The van der Waals surface area contributed by atoms with Gasteiger partial charge in [-0.3, -0.25) is 0 Å². The molecule has 0 fully saturated rings. The molecule has 0 aliphatic heterocycles. The van der Waals surface area contributed by atoms with Crippen molar-refractivity contribution in [2.24, 2.45) is 0 Å². The van der Waals surface area contributed by atoms with Crippen molar-refractivity contribution in [1.29, 1.82) is 0 Å². The Morgan fingerprint density at radius 1 is 0.541 bits per heavy atom. The Morgan fingerprint density at radius 2 is 0.852 bits per heavy atom. The number of phenolic OH excluding ortho intramolecular Hbond substituents is 2. The standard InChI is InChI=1S/C51H63F3O6S/c1-47(2,3)39-23-31-19-33-25-40(48(4,5)6)27-35(44(33)56)21-37-29-42(50(10,11)12)30-38(46(37)60-61(58,59)51(52,53)54)22-36-28-41(49(7,8)9)26-34(45(36)57)20-32(24-39)43(31)17-15-13-14-16-18-55/h23-30,55-57H,13-14,16,18-22H2,1-12H3. The van der Waals surface area contributed by atoms with Gasteiger partial charge in [-0.15, -0.1) is 0 Å². The van der Waals surface area contributed by atoms with Crippen molar-refractivity contribution in [3.8, 4) is 29.1 Å². The number of unbranched alkanes of at least 4 members (excludes halogenated alkanes) is 2. The van der Waals surface area contributed by atoms with Crippen LogP contribution in [0.25, 0.3) is 0 Å². The summed E-state index contributed by atoms with van der Waals surface area (Å²) in [6.45, 7) is 24.5. The zero-order valence-electron chi connectivity index (χ0n) is 37.9. The fraction of sp³-hybridized carbons (Fsp3) is 0.490. The summed E-state index contributed by atoms with van der Waals surface area (Å²) in [6.07, 6.45) is 2.08. The van der Waals surface area contributed by atoms with E-state index in [4.69, 9.17) is 4.18 Å². The molecule has 0 heterocycles. The largest absolute Gasteiger partial charge is 0.534 e. The monoisotopic (exact) mass is 860 g/mol. The minimum atomic E-state index is -6.15. The van der Waals surface area contributed by atoms with E-state index in [1.165, 1.54) is 0 Å². The van der Waals surface area contributed by atoms with Crippen LogP contribution in [0.4, 0.5) is 13.2 Å². The number of fused-ring (bicyclic) bond motifs is 8. The summed E-state index contributed by atoms with van der Waals surface area (Å²) in [5.74, 6) is 6.21. The van der Waals surface area contributed by atoms with E-state index in [0.29, 0.717) is 40.7 Å². The first kappa shape index (κ1) is 47.6. The van der Waals surface area contributed by atoms with Crippen LogP contribution >= 0.6 is 0 Å². The molecular formula is C51H63F3O6S. The summed E-state index contributed by atoms with van der Waals surface area (Å²) in [4.78, 5) is 0. The van der Waals surface area contributed by atoms with Crippen LogP contribution in [0.15, 0.2) is 48.5 Å². The number of halogens is 3. The molecule has 5 rings (SSSR count). The van der Waals surface area contributed by atoms with E-state index in [9.17, 15) is 36.9 Å². The number of aliphatic hydroxyl groups excluding tert-OH is 1. The molecule has 4 aromatic carbocycles. The Bertz CT molecular complexity index is 2360. The number of rotatable bonds is 5. The molecule has 0 saturated carbocycles. The average molecular weight is 861 g/mol. The lowest BCUT2D eigenvalue weighted by Gasteiger charge is -2.27. The van der Waals surface area contributed by atoms with E-state index in [1.54, 1.807) is 12.1 Å². The summed E-state index contributed by atoms with van der Waals surface area (Å²) in [6, 6.07) is 15.1. The maximum atomic E-state index is 14.2. The van der Waals surface area contributed by atoms with Crippen LogP contribution in [-0.2, 0) is 57.5 Å². The Morgan fingerprint density at radius 3 is 1.16 bits per heavy atom. The molecule has 0 radical (unpaired) electrons. The first-order valence-electron chi connectivity index (χ1n) is 21.0. The van der Waals surface area contributed by atoms with Crippen molar-refractivity contribution in [3.05, 3.63) is 121 Å². The van der Waals surface area contributed by atoms with Crippen LogP contribution in [0, 0.1) is 11.8 Å². The molecule has 0 aromatic heterocycles. The minimum Gasteiger partial charge on any atom is -0.507 e. The van der Waals surface area contributed by atoms with Crippen molar-refractivity contribution in [2.45, 2.75) is 155 Å². The van der Waals surface area contributed by atoms with Crippen molar-refractivity contribution >= 4 is 10.1 Å². The van der Waals surface area contributed by atoms with Crippen LogP contribution in [0.5, 0.6) is 17.2 Å². The zero-order chi connectivity index (χ0) is 45.7. The number of hydrogen-bond acceptors (Lipinski definition) is 6. The molecule has 1 aliphatic carbocycles. The molecule has 330 valence electrons. The highest BCUT2D eigenvalue weighted by molar-refractivity contribution is 7.88. The van der Waals surface area contributed by atoms with Crippen molar-refractivity contribution in [2.75, 3.05) is 6.61 Å². The van der Waals surface area contributed by atoms with Crippen molar-refractivity contribution in [1.82, 2.24) is 0 Å². The molecule has 4 aromatic rings. The third kappa shape index (κ3) is 11.0. The lowest BCUT2D eigenvalue weighted by molar-refractivity contribution is -0.0500. The normalized spacial score (nSPS) is 14.0. The second-order valence-corrected chi connectivity index (χ2v) is 22.3. The molecule has 0 unspecified atom stereocenters. The summed E-state index contributed by atoms with van der Waals surface area (Å²) < 4.78 is 73.6. The number of alkyl halides is 3. The van der Waals surface area contributed by atoms with E-state index in [2.05, 4.69) is 44.7 Å². The van der Waals surface area contributed by atoms with Crippen LogP contribution in [-0.4, -0.2) is 35.9 Å². The fourth-order valence-corrected chi connectivity index (χ4v) is 8.10. The topological polar surface area (TPSA) is 104 Å². The molecule has 6 nitrogen and oxygen atoms in total. The van der Waals surface area contributed by atoms with E-state index in [-0.39, 0.29) is 60.3 Å². The lowest BCUT2D eigenvalue weighted by atomic mass is 9.78. The maximum Gasteiger partial charge on any atom is 0.534 e. The Labute approximate surface area is 361 Å². The summed E-state index contributed by atoms with van der Waals surface area (Å²) in [5, 5.41) is 34.0. The van der Waals surface area contributed by atoms with Gasteiger partial charge in [0, 0.05) is 55.4 Å². The molecule has 0 atom stereocenters. The molecule has 0 saturated heterocycles. The first-order chi connectivity index (χ1) is 27.9. The van der Waals surface area contributed by atoms with Gasteiger partial charge in [-0.1, -0.05) is 143 Å². The molecule has 0 spiro atoms. The second-order valence-electron chi connectivity index (χ2n) is 20.8. The highest BCUT2D eigenvalue weighted by Crippen LogP contribution is 2.43. The number of hydrogen-bond donors (Lipinski definition) is 3. The number of aromatic hydroxyl groups is 2. The zero-order valence-corrected chi connectivity index (χ0v) is 38.7. The van der Waals surface area contributed by atoms with Gasteiger partial charge in [-0.25, -0.2) is 0 Å². The van der Waals surface area contributed by atoms with E-state index >= 15 is 0 Å². The first-order valence-corrected chi connectivity index (χ1v) is 22.4. The van der Waals surface area contributed by atoms with Crippen molar-refractivity contribution in [3.63, 3.8) is 0 Å².